The summed E-state index contributed by atoms with van der Waals surface area (Å²) < 4.78 is 5.86. The lowest BCUT2D eigenvalue weighted by molar-refractivity contribution is 0.301. The van der Waals surface area contributed by atoms with Gasteiger partial charge >= 0.3 is 0 Å². The fourth-order valence-electron chi connectivity index (χ4n) is 2.84. The number of rotatable bonds is 8. The van der Waals surface area contributed by atoms with Crippen LogP contribution in [0.25, 0.3) is 0 Å². The van der Waals surface area contributed by atoms with E-state index in [2.05, 4.69) is 72.6 Å². The molecule has 0 saturated carbocycles. The van der Waals surface area contributed by atoms with E-state index >= 15 is 0 Å². The van der Waals surface area contributed by atoms with Crippen LogP contribution in [0.3, 0.4) is 0 Å². The Morgan fingerprint density at radius 1 is 1.00 bits per heavy atom. The Labute approximate surface area is 161 Å². The van der Waals surface area contributed by atoms with Gasteiger partial charge in [0.1, 0.15) is 12.4 Å². The SMILES string of the molecule is C[C@@H](NCc1cccc(OCc2ccccn2)c1)c1ccc(N(C)C)cc1. The summed E-state index contributed by atoms with van der Waals surface area (Å²) in [7, 11) is 4.11. The molecule has 1 heterocycles. The second-order valence-corrected chi connectivity index (χ2v) is 6.85. The van der Waals surface area contributed by atoms with Gasteiger partial charge in [-0.15, -0.1) is 0 Å². The van der Waals surface area contributed by atoms with Gasteiger partial charge in [-0.2, -0.15) is 0 Å². The first-order valence-electron chi connectivity index (χ1n) is 9.24. The number of nitrogens with zero attached hydrogens (tertiary/aromatic N) is 2. The van der Waals surface area contributed by atoms with Gasteiger partial charge in [0, 0.05) is 38.6 Å². The second-order valence-electron chi connectivity index (χ2n) is 6.85. The van der Waals surface area contributed by atoms with Crippen molar-refractivity contribution in [2.45, 2.75) is 26.1 Å². The largest absolute Gasteiger partial charge is 0.487 e. The molecule has 0 aliphatic carbocycles. The van der Waals surface area contributed by atoms with Crippen LogP contribution in [-0.4, -0.2) is 19.1 Å². The van der Waals surface area contributed by atoms with Crippen LogP contribution in [0.1, 0.15) is 29.8 Å². The third-order valence-electron chi connectivity index (χ3n) is 4.53. The molecular weight excluding hydrogens is 334 g/mol. The summed E-state index contributed by atoms with van der Waals surface area (Å²) >= 11 is 0. The van der Waals surface area contributed by atoms with Crippen LogP contribution in [0.2, 0.25) is 0 Å². The van der Waals surface area contributed by atoms with Gasteiger partial charge in [-0.05, 0) is 54.4 Å². The van der Waals surface area contributed by atoms with Crippen molar-refractivity contribution in [1.82, 2.24) is 10.3 Å². The Hall–Kier alpha value is -2.85. The van der Waals surface area contributed by atoms with Gasteiger partial charge in [0.05, 0.1) is 5.69 Å². The number of aromatic nitrogens is 1. The minimum Gasteiger partial charge on any atom is -0.487 e. The average molecular weight is 361 g/mol. The number of anilines is 1. The molecule has 1 atom stereocenters. The molecule has 0 amide bonds. The van der Waals surface area contributed by atoms with Crippen molar-refractivity contribution < 1.29 is 4.74 Å². The summed E-state index contributed by atoms with van der Waals surface area (Å²) in [5, 5.41) is 3.58. The maximum absolute atomic E-state index is 5.86. The quantitative estimate of drug-likeness (QED) is 0.637. The summed E-state index contributed by atoms with van der Waals surface area (Å²) in [6, 6.07) is 23.0. The van der Waals surface area contributed by atoms with Crippen LogP contribution in [-0.2, 0) is 13.2 Å². The molecule has 4 heteroatoms. The highest BCUT2D eigenvalue weighted by atomic mass is 16.5. The van der Waals surface area contributed by atoms with Crippen LogP contribution in [0.5, 0.6) is 5.75 Å². The Balaban J connectivity index is 1.54. The van der Waals surface area contributed by atoms with Crippen molar-refractivity contribution in [3.05, 3.63) is 89.7 Å². The molecule has 0 fully saturated rings. The summed E-state index contributed by atoms with van der Waals surface area (Å²) in [5.74, 6) is 0.864. The number of hydrogen-bond donors (Lipinski definition) is 1. The molecule has 0 aliphatic rings. The lowest BCUT2D eigenvalue weighted by atomic mass is 10.1. The van der Waals surface area contributed by atoms with Crippen LogP contribution in [0.4, 0.5) is 5.69 Å². The van der Waals surface area contributed by atoms with E-state index in [1.165, 1.54) is 16.8 Å². The fourth-order valence-corrected chi connectivity index (χ4v) is 2.84. The van der Waals surface area contributed by atoms with Gasteiger partial charge in [-0.3, -0.25) is 4.98 Å². The normalized spacial score (nSPS) is 11.8. The number of pyridine rings is 1. The zero-order valence-corrected chi connectivity index (χ0v) is 16.2. The monoisotopic (exact) mass is 361 g/mol. The Kier molecular flexibility index (Phi) is 6.44. The van der Waals surface area contributed by atoms with Crippen molar-refractivity contribution in [2.24, 2.45) is 0 Å². The molecule has 0 aliphatic heterocycles. The molecular formula is C23H27N3O. The highest BCUT2D eigenvalue weighted by Gasteiger charge is 2.06. The molecule has 2 aromatic carbocycles. The van der Waals surface area contributed by atoms with Gasteiger partial charge in [0.2, 0.25) is 0 Å². The first-order valence-corrected chi connectivity index (χ1v) is 9.24. The number of ether oxygens (including phenoxy) is 1. The molecule has 3 aromatic rings. The number of nitrogens with one attached hydrogen (secondary N) is 1. The van der Waals surface area contributed by atoms with Crippen molar-refractivity contribution in [3.8, 4) is 5.75 Å². The van der Waals surface area contributed by atoms with Gasteiger partial charge < -0.3 is 15.0 Å². The van der Waals surface area contributed by atoms with E-state index in [1.807, 2.05) is 30.3 Å². The van der Waals surface area contributed by atoms with E-state index in [1.54, 1.807) is 6.20 Å². The van der Waals surface area contributed by atoms with Gasteiger partial charge in [-0.1, -0.05) is 30.3 Å². The smallest absolute Gasteiger partial charge is 0.130 e. The van der Waals surface area contributed by atoms with Crippen LogP contribution < -0.4 is 15.0 Å². The lowest BCUT2D eigenvalue weighted by Crippen LogP contribution is -2.18. The molecule has 140 valence electrons. The molecule has 4 nitrogen and oxygen atoms in total. The van der Waals surface area contributed by atoms with Gasteiger partial charge in [-0.25, -0.2) is 0 Å². The van der Waals surface area contributed by atoms with Crippen molar-refractivity contribution in [1.29, 1.82) is 0 Å². The standard InChI is InChI=1S/C23H27N3O/c1-18(20-10-12-22(13-11-20)26(2)3)25-16-19-7-6-9-23(15-19)27-17-21-8-4-5-14-24-21/h4-15,18,25H,16-17H2,1-3H3/t18-/m1/s1. The molecule has 3 rings (SSSR count). The fraction of sp³-hybridized carbons (Fsp3) is 0.261. The molecule has 1 N–H and O–H groups in total. The molecule has 0 unspecified atom stereocenters. The third kappa shape index (κ3) is 5.56. The first-order chi connectivity index (χ1) is 13.1. The van der Waals surface area contributed by atoms with E-state index in [0.29, 0.717) is 6.61 Å². The summed E-state index contributed by atoms with van der Waals surface area (Å²) in [6.07, 6.45) is 1.78. The predicted molar refractivity (Wildman–Crippen MR) is 111 cm³/mol. The minimum atomic E-state index is 0.277. The Morgan fingerprint density at radius 3 is 2.52 bits per heavy atom. The third-order valence-corrected chi connectivity index (χ3v) is 4.53. The minimum absolute atomic E-state index is 0.277. The van der Waals surface area contributed by atoms with Crippen LogP contribution >= 0.6 is 0 Å². The van der Waals surface area contributed by atoms with Crippen LogP contribution in [0.15, 0.2) is 72.9 Å². The maximum Gasteiger partial charge on any atom is 0.130 e. The second kappa shape index (κ2) is 9.19. The van der Waals surface area contributed by atoms with Crippen molar-refractivity contribution >= 4 is 5.69 Å². The highest BCUT2D eigenvalue weighted by molar-refractivity contribution is 5.46. The predicted octanol–water partition coefficient (Wildman–Crippen LogP) is 4.58. The summed E-state index contributed by atoms with van der Waals surface area (Å²) in [4.78, 5) is 6.40. The molecule has 0 saturated heterocycles. The first kappa shape index (κ1) is 18.9. The highest BCUT2D eigenvalue weighted by Crippen LogP contribution is 2.19. The zero-order valence-electron chi connectivity index (χ0n) is 16.2. The Bertz CT molecular complexity index is 832. The lowest BCUT2D eigenvalue weighted by Gasteiger charge is -2.17. The van der Waals surface area contributed by atoms with Crippen LogP contribution in [0, 0.1) is 0 Å². The van der Waals surface area contributed by atoms with E-state index in [-0.39, 0.29) is 6.04 Å². The van der Waals surface area contributed by atoms with E-state index < -0.39 is 0 Å². The van der Waals surface area contributed by atoms with Crippen molar-refractivity contribution in [3.63, 3.8) is 0 Å². The van der Waals surface area contributed by atoms with E-state index in [9.17, 15) is 0 Å². The molecule has 27 heavy (non-hydrogen) atoms. The van der Waals surface area contributed by atoms with Crippen molar-refractivity contribution in [2.75, 3.05) is 19.0 Å². The number of benzene rings is 2. The average Bonchev–Trinajstić information content (AvgIpc) is 2.71. The summed E-state index contributed by atoms with van der Waals surface area (Å²) in [6.45, 7) is 3.45. The molecule has 0 radical (unpaired) electrons. The van der Waals surface area contributed by atoms with Gasteiger partial charge in [0.25, 0.3) is 0 Å². The molecule has 1 aromatic heterocycles. The summed E-state index contributed by atoms with van der Waals surface area (Å²) in [5.41, 5.74) is 4.62. The van der Waals surface area contributed by atoms with E-state index in [0.717, 1.165) is 18.0 Å². The zero-order chi connectivity index (χ0) is 19.1. The molecule has 0 bridgehead atoms. The van der Waals surface area contributed by atoms with Gasteiger partial charge in [0.15, 0.2) is 0 Å². The molecule has 0 spiro atoms. The van der Waals surface area contributed by atoms with E-state index in [4.69, 9.17) is 4.74 Å². The Morgan fingerprint density at radius 2 is 1.81 bits per heavy atom. The topological polar surface area (TPSA) is 37.4 Å². The maximum atomic E-state index is 5.86. The number of hydrogen-bond acceptors (Lipinski definition) is 4.